The maximum atomic E-state index is 5.36. The number of aromatic nitrogens is 2. The van der Waals surface area contributed by atoms with Crippen LogP contribution in [0.5, 0.6) is 0 Å². The predicted molar refractivity (Wildman–Crippen MR) is 91.0 cm³/mol. The molecule has 0 bridgehead atoms. The second-order valence-corrected chi connectivity index (χ2v) is 5.34. The Balaban J connectivity index is 1.52. The van der Waals surface area contributed by atoms with Gasteiger partial charge in [0.1, 0.15) is 5.58 Å². The lowest BCUT2D eigenvalue weighted by Crippen LogP contribution is -1.99. The summed E-state index contributed by atoms with van der Waals surface area (Å²) in [5.41, 5.74) is 5.29. The van der Waals surface area contributed by atoms with Crippen LogP contribution in [0.3, 0.4) is 0 Å². The van der Waals surface area contributed by atoms with E-state index in [0.717, 1.165) is 34.3 Å². The Morgan fingerprint density at radius 2 is 1.78 bits per heavy atom. The Morgan fingerprint density at radius 3 is 2.70 bits per heavy atom. The molecule has 23 heavy (non-hydrogen) atoms. The summed E-state index contributed by atoms with van der Waals surface area (Å²) >= 11 is 0. The van der Waals surface area contributed by atoms with Crippen LogP contribution in [0.15, 0.2) is 77.9 Å². The van der Waals surface area contributed by atoms with E-state index < -0.39 is 0 Å². The summed E-state index contributed by atoms with van der Waals surface area (Å²) in [6.45, 7) is 0.739. The van der Waals surface area contributed by atoms with Gasteiger partial charge in [-0.2, -0.15) is 0 Å². The average molecular weight is 301 g/mol. The third kappa shape index (κ3) is 2.92. The largest absolute Gasteiger partial charge is 0.464 e. The van der Waals surface area contributed by atoms with Crippen molar-refractivity contribution >= 4 is 16.7 Å². The maximum Gasteiger partial charge on any atom is 0.133 e. The van der Waals surface area contributed by atoms with Gasteiger partial charge in [-0.05, 0) is 47.5 Å². The molecule has 0 radical (unpaired) electrons. The molecule has 1 N–H and O–H groups in total. The molecule has 0 spiro atoms. The number of hydrogen-bond donors (Lipinski definition) is 1. The first-order valence-electron chi connectivity index (χ1n) is 7.44. The molecule has 0 saturated carbocycles. The molecule has 0 aliphatic carbocycles. The molecule has 0 atom stereocenters. The number of fused-ring (bicyclic) bond motifs is 1. The molecular weight excluding hydrogens is 286 g/mol. The van der Waals surface area contributed by atoms with Crippen LogP contribution < -0.4 is 5.32 Å². The molecule has 4 rings (SSSR count). The fraction of sp³-hybridized carbons (Fsp3) is 0.0526. The topological polar surface area (TPSA) is 51.0 Å². The number of rotatable bonds is 4. The molecule has 0 saturated heterocycles. The van der Waals surface area contributed by atoms with Crippen LogP contribution in [0.4, 0.5) is 5.69 Å². The third-order valence-corrected chi connectivity index (χ3v) is 3.77. The van der Waals surface area contributed by atoms with Crippen LogP contribution in [0.1, 0.15) is 5.56 Å². The minimum Gasteiger partial charge on any atom is -0.464 e. The van der Waals surface area contributed by atoms with Gasteiger partial charge >= 0.3 is 0 Å². The van der Waals surface area contributed by atoms with Crippen molar-refractivity contribution in [3.63, 3.8) is 0 Å². The first kappa shape index (κ1) is 13.5. The summed E-state index contributed by atoms with van der Waals surface area (Å²) in [7, 11) is 0. The highest BCUT2D eigenvalue weighted by Crippen LogP contribution is 2.22. The van der Waals surface area contributed by atoms with Crippen LogP contribution in [0, 0.1) is 0 Å². The van der Waals surface area contributed by atoms with Crippen molar-refractivity contribution in [2.45, 2.75) is 6.54 Å². The van der Waals surface area contributed by atoms with Crippen molar-refractivity contribution in [1.29, 1.82) is 0 Å². The van der Waals surface area contributed by atoms with Gasteiger partial charge in [0.2, 0.25) is 0 Å². The average Bonchev–Trinajstić information content (AvgIpc) is 3.09. The minimum absolute atomic E-state index is 0.739. The van der Waals surface area contributed by atoms with Gasteiger partial charge in [-0.1, -0.05) is 6.07 Å². The second-order valence-electron chi connectivity index (χ2n) is 5.34. The van der Waals surface area contributed by atoms with Crippen molar-refractivity contribution in [3.05, 3.63) is 79.1 Å². The Labute approximate surface area is 133 Å². The molecule has 4 heteroatoms. The molecule has 0 fully saturated rings. The van der Waals surface area contributed by atoms with Gasteiger partial charge in [0, 0.05) is 42.3 Å². The van der Waals surface area contributed by atoms with E-state index in [1.807, 2.05) is 36.7 Å². The quantitative estimate of drug-likeness (QED) is 0.603. The number of furan rings is 1. The van der Waals surface area contributed by atoms with E-state index in [1.165, 1.54) is 5.56 Å². The molecule has 3 heterocycles. The van der Waals surface area contributed by atoms with E-state index in [1.54, 1.807) is 18.7 Å². The number of pyridine rings is 2. The summed E-state index contributed by atoms with van der Waals surface area (Å²) in [6.07, 6.45) is 8.98. The van der Waals surface area contributed by atoms with E-state index in [2.05, 4.69) is 33.5 Å². The molecule has 112 valence electrons. The zero-order chi connectivity index (χ0) is 15.5. The number of benzene rings is 1. The lowest BCUT2D eigenvalue weighted by molar-refractivity contribution is 0.616. The Kier molecular flexibility index (Phi) is 3.48. The van der Waals surface area contributed by atoms with Gasteiger partial charge in [0.05, 0.1) is 12.0 Å². The van der Waals surface area contributed by atoms with Crippen LogP contribution >= 0.6 is 0 Å². The van der Waals surface area contributed by atoms with Crippen molar-refractivity contribution in [2.75, 3.05) is 5.32 Å². The van der Waals surface area contributed by atoms with Gasteiger partial charge in [-0.25, -0.2) is 0 Å². The van der Waals surface area contributed by atoms with Crippen LogP contribution in [0.2, 0.25) is 0 Å². The van der Waals surface area contributed by atoms with Gasteiger partial charge in [0.15, 0.2) is 0 Å². The van der Waals surface area contributed by atoms with E-state index in [0.29, 0.717) is 0 Å². The zero-order valence-electron chi connectivity index (χ0n) is 12.4. The summed E-state index contributed by atoms with van der Waals surface area (Å²) < 4.78 is 5.36. The number of hydrogen-bond acceptors (Lipinski definition) is 4. The van der Waals surface area contributed by atoms with Crippen molar-refractivity contribution < 1.29 is 4.42 Å². The summed E-state index contributed by atoms with van der Waals surface area (Å²) in [4.78, 5) is 8.36. The standard InChI is InChI=1S/C19H15N3O/c1-2-19-16(5-8-23-19)9-14(1)11-22-18-10-17(12-21-13-18)15-3-6-20-7-4-15/h1-10,12-13,22H,11H2. The van der Waals surface area contributed by atoms with Crippen molar-refractivity contribution in [2.24, 2.45) is 0 Å². The fourth-order valence-corrected chi connectivity index (χ4v) is 2.57. The number of nitrogens with zero attached hydrogens (tertiary/aromatic N) is 2. The lowest BCUT2D eigenvalue weighted by Gasteiger charge is -2.08. The molecule has 0 aliphatic rings. The lowest BCUT2D eigenvalue weighted by atomic mass is 10.1. The SMILES string of the molecule is c1cc(-c2cncc(NCc3ccc4occc4c3)c2)ccn1. The van der Waals surface area contributed by atoms with E-state index in [4.69, 9.17) is 4.42 Å². The van der Waals surface area contributed by atoms with Gasteiger partial charge in [0.25, 0.3) is 0 Å². The molecule has 1 aromatic carbocycles. The Morgan fingerprint density at radius 1 is 0.870 bits per heavy atom. The Bertz CT molecular complexity index is 931. The van der Waals surface area contributed by atoms with Crippen LogP contribution in [-0.4, -0.2) is 9.97 Å². The smallest absolute Gasteiger partial charge is 0.133 e. The monoisotopic (exact) mass is 301 g/mol. The number of nitrogens with one attached hydrogen (secondary N) is 1. The minimum atomic E-state index is 0.739. The molecule has 0 aliphatic heterocycles. The molecule has 4 nitrogen and oxygen atoms in total. The Hall–Kier alpha value is -3.14. The van der Waals surface area contributed by atoms with Crippen molar-refractivity contribution in [3.8, 4) is 11.1 Å². The molecule has 0 amide bonds. The first-order chi connectivity index (χ1) is 11.4. The van der Waals surface area contributed by atoms with E-state index in [-0.39, 0.29) is 0 Å². The van der Waals surface area contributed by atoms with Gasteiger partial charge in [-0.3, -0.25) is 9.97 Å². The highest BCUT2D eigenvalue weighted by molar-refractivity contribution is 5.77. The molecule has 0 unspecified atom stereocenters. The summed E-state index contributed by atoms with van der Waals surface area (Å²) in [5, 5.41) is 4.54. The fourth-order valence-electron chi connectivity index (χ4n) is 2.57. The zero-order valence-corrected chi connectivity index (χ0v) is 12.4. The van der Waals surface area contributed by atoms with E-state index >= 15 is 0 Å². The van der Waals surface area contributed by atoms with Crippen molar-refractivity contribution in [1.82, 2.24) is 9.97 Å². The highest BCUT2D eigenvalue weighted by Gasteiger charge is 2.02. The first-order valence-corrected chi connectivity index (χ1v) is 7.44. The van der Waals surface area contributed by atoms with Gasteiger partial charge < -0.3 is 9.73 Å². The normalized spacial score (nSPS) is 10.8. The number of anilines is 1. The molecular formula is C19H15N3O. The van der Waals surface area contributed by atoms with E-state index in [9.17, 15) is 0 Å². The highest BCUT2D eigenvalue weighted by atomic mass is 16.3. The van der Waals surface area contributed by atoms with Crippen LogP contribution in [0.25, 0.3) is 22.1 Å². The maximum absolute atomic E-state index is 5.36. The second kappa shape index (κ2) is 5.93. The summed E-state index contributed by atoms with van der Waals surface area (Å²) in [5.74, 6) is 0. The third-order valence-electron chi connectivity index (χ3n) is 3.77. The molecule has 3 aromatic heterocycles. The predicted octanol–water partition coefficient (Wildman–Crippen LogP) is 4.50. The molecule has 4 aromatic rings. The summed E-state index contributed by atoms with van der Waals surface area (Å²) in [6, 6.07) is 14.2. The van der Waals surface area contributed by atoms with Crippen LogP contribution in [-0.2, 0) is 6.54 Å². The van der Waals surface area contributed by atoms with Gasteiger partial charge in [-0.15, -0.1) is 0 Å².